The Balaban J connectivity index is 2.17. The molecule has 0 fully saturated rings. The van der Waals surface area contributed by atoms with Gasteiger partial charge in [-0.25, -0.2) is 13.9 Å². The third-order valence-corrected chi connectivity index (χ3v) is 4.01. The molecule has 0 aliphatic carbocycles. The number of rotatable bonds is 7. The summed E-state index contributed by atoms with van der Waals surface area (Å²) in [5, 5.41) is 15.8. The number of hydrogen-bond acceptors (Lipinski definition) is 3. The molecule has 2 N–H and O–H groups in total. The van der Waals surface area contributed by atoms with Crippen LogP contribution in [0.25, 0.3) is 5.69 Å². The minimum absolute atomic E-state index is 0.0714. The van der Waals surface area contributed by atoms with Gasteiger partial charge in [-0.1, -0.05) is 19.8 Å². The van der Waals surface area contributed by atoms with E-state index in [4.69, 9.17) is 0 Å². The van der Waals surface area contributed by atoms with Crippen molar-refractivity contribution in [3.63, 3.8) is 0 Å². The van der Waals surface area contributed by atoms with Crippen LogP contribution in [0.3, 0.4) is 0 Å². The Kier molecular flexibility index (Phi) is 6.08. The molecule has 1 aromatic carbocycles. The van der Waals surface area contributed by atoms with Crippen LogP contribution in [0.5, 0.6) is 0 Å². The van der Waals surface area contributed by atoms with E-state index in [2.05, 4.69) is 26.3 Å². The largest absolute Gasteiger partial charge is 0.480 e. The number of halogens is 2. The number of nitrogens with zero attached hydrogens (tertiary/aromatic N) is 2. The molecule has 1 unspecified atom stereocenters. The van der Waals surface area contributed by atoms with E-state index in [1.165, 1.54) is 28.9 Å². The molecule has 2 aromatic rings. The van der Waals surface area contributed by atoms with Crippen LogP contribution in [0.1, 0.15) is 36.7 Å². The normalized spacial score (nSPS) is 12.0. The molecule has 6 nitrogen and oxygen atoms in total. The van der Waals surface area contributed by atoms with Crippen molar-refractivity contribution < 1.29 is 19.1 Å². The van der Waals surface area contributed by atoms with Crippen molar-refractivity contribution in [3.8, 4) is 5.69 Å². The zero-order valence-corrected chi connectivity index (χ0v) is 14.6. The molecule has 1 aromatic heterocycles. The zero-order chi connectivity index (χ0) is 17.7. The number of unbranched alkanes of at least 4 members (excludes halogenated alkanes) is 1. The molecule has 0 radical (unpaired) electrons. The van der Waals surface area contributed by atoms with Gasteiger partial charge in [0.25, 0.3) is 5.91 Å². The Morgan fingerprint density at radius 1 is 1.38 bits per heavy atom. The minimum atomic E-state index is -1.08. The van der Waals surface area contributed by atoms with E-state index in [1.807, 2.05) is 6.92 Å². The highest BCUT2D eigenvalue weighted by atomic mass is 79.9. The highest BCUT2D eigenvalue weighted by molar-refractivity contribution is 9.10. The lowest BCUT2D eigenvalue weighted by Gasteiger charge is -2.13. The summed E-state index contributed by atoms with van der Waals surface area (Å²) in [6, 6.07) is 4.67. The van der Waals surface area contributed by atoms with Gasteiger partial charge in [0.05, 0.1) is 10.2 Å². The van der Waals surface area contributed by atoms with Crippen molar-refractivity contribution in [2.75, 3.05) is 0 Å². The Morgan fingerprint density at radius 3 is 2.62 bits per heavy atom. The van der Waals surface area contributed by atoms with E-state index >= 15 is 0 Å². The number of amides is 1. The van der Waals surface area contributed by atoms with Gasteiger partial charge in [0.2, 0.25) is 0 Å². The Labute approximate surface area is 146 Å². The maximum absolute atomic E-state index is 13.0. The lowest BCUT2D eigenvalue weighted by atomic mass is 10.1. The van der Waals surface area contributed by atoms with Crippen molar-refractivity contribution in [1.29, 1.82) is 0 Å². The highest BCUT2D eigenvalue weighted by Crippen LogP contribution is 2.18. The number of aromatic nitrogens is 2. The van der Waals surface area contributed by atoms with Crippen molar-refractivity contribution in [1.82, 2.24) is 15.1 Å². The van der Waals surface area contributed by atoms with Gasteiger partial charge >= 0.3 is 5.97 Å². The first-order valence-electron chi connectivity index (χ1n) is 7.47. The molecule has 1 heterocycles. The van der Waals surface area contributed by atoms with Crippen molar-refractivity contribution in [2.45, 2.75) is 32.2 Å². The van der Waals surface area contributed by atoms with E-state index in [9.17, 15) is 19.1 Å². The van der Waals surface area contributed by atoms with Gasteiger partial charge in [-0.05, 0) is 46.6 Å². The van der Waals surface area contributed by atoms with Crippen LogP contribution < -0.4 is 5.32 Å². The number of carbonyl (C=O) groups excluding carboxylic acids is 1. The number of aliphatic carboxylic acids is 1. The molecule has 1 atom stereocenters. The van der Waals surface area contributed by atoms with Crippen LogP contribution >= 0.6 is 15.9 Å². The standard InChI is InChI=1S/C16H17BrFN3O3/c1-2-3-4-13(16(23)24)19-15(22)14-12(17)9-21(20-14)11-7-5-10(18)6-8-11/h5-9,13H,2-4H2,1H3,(H,19,22)(H,23,24). The van der Waals surface area contributed by atoms with E-state index in [-0.39, 0.29) is 11.5 Å². The Hall–Kier alpha value is -2.22. The fourth-order valence-electron chi connectivity index (χ4n) is 2.13. The van der Waals surface area contributed by atoms with Crippen molar-refractivity contribution in [2.24, 2.45) is 0 Å². The number of hydrogen-bond donors (Lipinski definition) is 2. The summed E-state index contributed by atoms with van der Waals surface area (Å²) in [6.07, 6.45) is 3.45. The summed E-state index contributed by atoms with van der Waals surface area (Å²) < 4.78 is 14.8. The number of benzene rings is 1. The number of carboxylic acid groups (broad SMARTS) is 1. The third kappa shape index (κ3) is 4.41. The van der Waals surface area contributed by atoms with Gasteiger partial charge < -0.3 is 10.4 Å². The van der Waals surface area contributed by atoms with Crippen molar-refractivity contribution in [3.05, 3.63) is 46.4 Å². The van der Waals surface area contributed by atoms with E-state index in [0.29, 0.717) is 23.0 Å². The predicted octanol–water partition coefficient (Wildman–Crippen LogP) is 3.15. The molecule has 0 saturated heterocycles. The summed E-state index contributed by atoms with van der Waals surface area (Å²) in [4.78, 5) is 23.5. The van der Waals surface area contributed by atoms with Crippen LogP contribution in [0.2, 0.25) is 0 Å². The molecular weight excluding hydrogens is 381 g/mol. The molecular formula is C16H17BrFN3O3. The molecule has 128 valence electrons. The Bertz CT molecular complexity index is 731. The molecule has 2 rings (SSSR count). The molecule has 24 heavy (non-hydrogen) atoms. The Morgan fingerprint density at radius 2 is 2.04 bits per heavy atom. The van der Waals surface area contributed by atoms with Crippen LogP contribution in [0.4, 0.5) is 4.39 Å². The molecule has 0 saturated carbocycles. The van der Waals surface area contributed by atoms with Gasteiger partial charge in [-0.15, -0.1) is 0 Å². The lowest BCUT2D eigenvalue weighted by Crippen LogP contribution is -2.41. The molecule has 0 aliphatic rings. The zero-order valence-electron chi connectivity index (χ0n) is 13.0. The number of nitrogens with one attached hydrogen (secondary N) is 1. The third-order valence-electron chi connectivity index (χ3n) is 3.43. The smallest absolute Gasteiger partial charge is 0.326 e. The second-order valence-corrected chi connectivity index (χ2v) is 6.11. The molecule has 8 heteroatoms. The molecule has 0 bridgehead atoms. The summed E-state index contributed by atoms with van der Waals surface area (Å²) in [6.45, 7) is 1.95. The second kappa shape index (κ2) is 8.05. The van der Waals surface area contributed by atoms with Crippen LogP contribution in [0, 0.1) is 5.82 Å². The summed E-state index contributed by atoms with van der Waals surface area (Å²) in [5.41, 5.74) is 0.652. The van der Waals surface area contributed by atoms with Crippen LogP contribution in [0.15, 0.2) is 34.9 Å². The van der Waals surface area contributed by atoms with Gasteiger partial charge in [-0.2, -0.15) is 5.10 Å². The first kappa shape index (κ1) is 18.1. The quantitative estimate of drug-likeness (QED) is 0.751. The van der Waals surface area contributed by atoms with E-state index in [1.54, 1.807) is 6.20 Å². The molecule has 0 aliphatic heterocycles. The van der Waals surface area contributed by atoms with E-state index in [0.717, 1.165) is 6.42 Å². The average molecular weight is 398 g/mol. The topological polar surface area (TPSA) is 84.2 Å². The fraction of sp³-hybridized carbons (Fsp3) is 0.312. The second-order valence-electron chi connectivity index (χ2n) is 5.25. The van der Waals surface area contributed by atoms with Gasteiger partial charge in [0.1, 0.15) is 11.9 Å². The van der Waals surface area contributed by atoms with Crippen LogP contribution in [-0.4, -0.2) is 32.8 Å². The van der Waals surface area contributed by atoms with Gasteiger partial charge in [0, 0.05) is 6.20 Å². The predicted molar refractivity (Wildman–Crippen MR) is 89.6 cm³/mol. The first-order valence-corrected chi connectivity index (χ1v) is 8.26. The van der Waals surface area contributed by atoms with Crippen LogP contribution in [-0.2, 0) is 4.79 Å². The fourth-order valence-corrected chi connectivity index (χ4v) is 2.58. The summed E-state index contributed by atoms with van der Waals surface area (Å²) in [5.74, 6) is -2.03. The molecule has 0 spiro atoms. The SMILES string of the molecule is CCCCC(NC(=O)c1nn(-c2ccc(F)cc2)cc1Br)C(=O)O. The number of carbonyl (C=O) groups is 2. The van der Waals surface area contributed by atoms with Gasteiger partial charge in [-0.3, -0.25) is 4.79 Å². The monoisotopic (exact) mass is 397 g/mol. The maximum atomic E-state index is 13.0. The highest BCUT2D eigenvalue weighted by Gasteiger charge is 2.23. The van der Waals surface area contributed by atoms with E-state index < -0.39 is 17.9 Å². The van der Waals surface area contributed by atoms with Gasteiger partial charge in [0.15, 0.2) is 5.69 Å². The molecule has 1 amide bonds. The average Bonchev–Trinajstić information content (AvgIpc) is 2.93. The number of carboxylic acids is 1. The lowest BCUT2D eigenvalue weighted by molar-refractivity contribution is -0.139. The maximum Gasteiger partial charge on any atom is 0.326 e. The summed E-state index contributed by atoms with van der Waals surface area (Å²) >= 11 is 3.24. The first-order chi connectivity index (χ1) is 11.4. The minimum Gasteiger partial charge on any atom is -0.480 e. The van der Waals surface area contributed by atoms with Crippen molar-refractivity contribution >= 4 is 27.8 Å². The summed E-state index contributed by atoms with van der Waals surface area (Å²) in [7, 11) is 0.